The van der Waals surface area contributed by atoms with Crippen LogP contribution in [-0.2, 0) is 9.53 Å². The van der Waals surface area contributed by atoms with Crippen molar-refractivity contribution in [3.8, 4) is 0 Å². The average molecular weight is 213 g/mol. The number of likely N-dealkylation sites (tertiary alicyclic amines) is 1. The third kappa shape index (κ3) is 3.47. The molecule has 1 amide bonds. The largest absolute Gasteiger partial charge is 0.391 e. The van der Waals surface area contributed by atoms with Gasteiger partial charge in [-0.05, 0) is 25.2 Å². The summed E-state index contributed by atoms with van der Waals surface area (Å²) in [6, 6.07) is 0. The number of amides is 1. The second-order valence-electron chi connectivity index (χ2n) is 4.57. The molecule has 0 aromatic heterocycles. The van der Waals surface area contributed by atoms with Gasteiger partial charge in [0.2, 0.25) is 5.91 Å². The molecule has 0 bridgehead atoms. The minimum absolute atomic E-state index is 0.0738. The number of hydrogen-bond acceptors (Lipinski definition) is 3. The van der Waals surface area contributed by atoms with Crippen molar-refractivity contribution in [3.05, 3.63) is 0 Å². The van der Waals surface area contributed by atoms with Crippen LogP contribution in [0.15, 0.2) is 0 Å². The first kappa shape index (κ1) is 10.9. The fraction of sp³-hybridized carbons (Fsp3) is 0.909. The lowest BCUT2D eigenvalue weighted by Gasteiger charge is -2.15. The van der Waals surface area contributed by atoms with Crippen LogP contribution in [0.4, 0.5) is 0 Å². The third-order valence-corrected chi connectivity index (χ3v) is 2.96. The maximum absolute atomic E-state index is 11.3. The van der Waals surface area contributed by atoms with Gasteiger partial charge in [0.25, 0.3) is 0 Å². The molecule has 1 atom stereocenters. The minimum Gasteiger partial charge on any atom is -0.391 e. The molecule has 1 aliphatic carbocycles. The molecule has 4 heteroatoms. The molecule has 1 saturated carbocycles. The first-order valence-electron chi connectivity index (χ1n) is 5.79. The van der Waals surface area contributed by atoms with E-state index in [1.165, 1.54) is 12.8 Å². The number of carbonyl (C=O) groups excluding carboxylic acids is 1. The van der Waals surface area contributed by atoms with Gasteiger partial charge in [0.1, 0.15) is 0 Å². The number of hydrogen-bond donors (Lipinski definition) is 1. The number of aliphatic hydroxyl groups excluding tert-OH is 1. The summed E-state index contributed by atoms with van der Waals surface area (Å²) in [5.74, 6) is 0.880. The standard InChI is InChI=1S/C11H19NO3/c13-10-6-11(14)12(7-10)4-1-5-15-8-9-2-3-9/h9-10,13H,1-8H2. The smallest absolute Gasteiger partial charge is 0.225 e. The predicted molar refractivity (Wildman–Crippen MR) is 55.4 cm³/mol. The topological polar surface area (TPSA) is 49.8 Å². The van der Waals surface area contributed by atoms with Gasteiger partial charge in [-0.3, -0.25) is 4.79 Å². The molecule has 86 valence electrons. The molecule has 1 heterocycles. The highest BCUT2D eigenvalue weighted by atomic mass is 16.5. The highest BCUT2D eigenvalue weighted by Gasteiger charge is 2.27. The summed E-state index contributed by atoms with van der Waals surface area (Å²) in [5.41, 5.74) is 0. The van der Waals surface area contributed by atoms with Crippen molar-refractivity contribution >= 4 is 5.91 Å². The van der Waals surface area contributed by atoms with Gasteiger partial charge in [0.05, 0.1) is 12.5 Å². The predicted octanol–water partition coefficient (Wildman–Crippen LogP) is 0.396. The van der Waals surface area contributed by atoms with Crippen LogP contribution in [0.2, 0.25) is 0 Å². The lowest BCUT2D eigenvalue weighted by Crippen LogP contribution is -2.27. The van der Waals surface area contributed by atoms with Crippen molar-refractivity contribution in [2.45, 2.75) is 31.8 Å². The Balaban J connectivity index is 1.51. The summed E-state index contributed by atoms with van der Waals surface area (Å²) in [6.07, 6.45) is 3.35. The Morgan fingerprint density at radius 3 is 2.87 bits per heavy atom. The molecule has 1 saturated heterocycles. The molecule has 2 aliphatic rings. The van der Waals surface area contributed by atoms with E-state index in [-0.39, 0.29) is 5.91 Å². The molecule has 0 aromatic rings. The molecule has 1 unspecified atom stereocenters. The van der Waals surface area contributed by atoms with Gasteiger partial charge >= 0.3 is 0 Å². The van der Waals surface area contributed by atoms with E-state index >= 15 is 0 Å². The molecule has 0 aromatic carbocycles. The number of rotatable bonds is 6. The van der Waals surface area contributed by atoms with Crippen molar-refractivity contribution in [1.29, 1.82) is 0 Å². The van der Waals surface area contributed by atoms with Gasteiger partial charge in [0, 0.05) is 26.3 Å². The van der Waals surface area contributed by atoms with Crippen molar-refractivity contribution in [1.82, 2.24) is 4.90 Å². The number of β-amino-alcohol motifs (C(OH)–C–C–N with tert-alkyl or cyclic N) is 1. The maximum Gasteiger partial charge on any atom is 0.225 e. The van der Waals surface area contributed by atoms with Gasteiger partial charge in [-0.2, -0.15) is 0 Å². The van der Waals surface area contributed by atoms with E-state index in [1.54, 1.807) is 4.90 Å². The van der Waals surface area contributed by atoms with Crippen LogP contribution < -0.4 is 0 Å². The Hall–Kier alpha value is -0.610. The minimum atomic E-state index is -0.454. The quantitative estimate of drug-likeness (QED) is 0.650. The van der Waals surface area contributed by atoms with Crippen LogP contribution in [0, 0.1) is 5.92 Å². The van der Waals surface area contributed by atoms with Gasteiger partial charge < -0.3 is 14.7 Å². The Labute approximate surface area is 90.2 Å². The second kappa shape index (κ2) is 4.94. The van der Waals surface area contributed by atoms with Gasteiger partial charge in [0.15, 0.2) is 0 Å². The van der Waals surface area contributed by atoms with Crippen LogP contribution in [0.3, 0.4) is 0 Å². The summed E-state index contributed by atoms with van der Waals surface area (Å²) >= 11 is 0. The molecule has 0 radical (unpaired) electrons. The monoisotopic (exact) mass is 213 g/mol. The van der Waals surface area contributed by atoms with E-state index in [9.17, 15) is 9.90 Å². The SMILES string of the molecule is O=C1CC(O)CN1CCCOCC1CC1. The van der Waals surface area contributed by atoms with Crippen LogP contribution in [0.25, 0.3) is 0 Å². The number of carbonyl (C=O) groups is 1. The van der Waals surface area contributed by atoms with Crippen LogP contribution in [0.5, 0.6) is 0 Å². The fourth-order valence-electron chi connectivity index (χ4n) is 1.86. The van der Waals surface area contributed by atoms with E-state index in [0.29, 0.717) is 13.0 Å². The third-order valence-electron chi connectivity index (χ3n) is 2.96. The van der Waals surface area contributed by atoms with E-state index in [1.807, 2.05) is 0 Å². The molecule has 15 heavy (non-hydrogen) atoms. The molecule has 2 fully saturated rings. The van der Waals surface area contributed by atoms with E-state index < -0.39 is 6.10 Å². The summed E-state index contributed by atoms with van der Waals surface area (Å²) in [7, 11) is 0. The van der Waals surface area contributed by atoms with Crippen molar-refractivity contribution in [2.75, 3.05) is 26.3 Å². The fourth-order valence-corrected chi connectivity index (χ4v) is 1.86. The molecule has 1 N–H and O–H groups in total. The van der Waals surface area contributed by atoms with Gasteiger partial charge in [-0.1, -0.05) is 0 Å². The Morgan fingerprint density at radius 1 is 1.47 bits per heavy atom. The first-order chi connectivity index (χ1) is 7.25. The molecule has 1 aliphatic heterocycles. The van der Waals surface area contributed by atoms with E-state index in [2.05, 4.69) is 0 Å². The van der Waals surface area contributed by atoms with E-state index in [0.717, 1.165) is 32.1 Å². The normalized spacial score (nSPS) is 26.3. The summed E-state index contributed by atoms with van der Waals surface area (Å²) in [6.45, 7) is 2.84. The summed E-state index contributed by atoms with van der Waals surface area (Å²) in [5, 5.41) is 9.26. The Bertz CT molecular complexity index is 228. The molecular weight excluding hydrogens is 194 g/mol. The summed E-state index contributed by atoms with van der Waals surface area (Å²) < 4.78 is 5.48. The number of nitrogens with zero attached hydrogens (tertiary/aromatic N) is 1. The Morgan fingerprint density at radius 2 is 2.27 bits per heavy atom. The maximum atomic E-state index is 11.3. The number of aliphatic hydroxyl groups is 1. The number of ether oxygens (including phenoxy) is 1. The zero-order valence-electron chi connectivity index (χ0n) is 9.02. The zero-order valence-corrected chi connectivity index (χ0v) is 9.02. The lowest BCUT2D eigenvalue weighted by atomic mass is 10.3. The zero-order chi connectivity index (χ0) is 10.7. The van der Waals surface area contributed by atoms with Crippen molar-refractivity contribution < 1.29 is 14.6 Å². The molecule has 4 nitrogen and oxygen atoms in total. The average Bonchev–Trinajstić information content (AvgIpc) is 2.94. The summed E-state index contributed by atoms with van der Waals surface area (Å²) in [4.78, 5) is 13.0. The van der Waals surface area contributed by atoms with Crippen LogP contribution in [0.1, 0.15) is 25.7 Å². The first-order valence-corrected chi connectivity index (χ1v) is 5.79. The van der Waals surface area contributed by atoms with E-state index in [4.69, 9.17) is 4.74 Å². The van der Waals surface area contributed by atoms with Crippen molar-refractivity contribution in [3.63, 3.8) is 0 Å². The Kier molecular flexibility index (Phi) is 3.59. The lowest BCUT2D eigenvalue weighted by molar-refractivity contribution is -0.127. The van der Waals surface area contributed by atoms with Crippen LogP contribution in [-0.4, -0.2) is 48.3 Å². The van der Waals surface area contributed by atoms with Gasteiger partial charge in [-0.25, -0.2) is 0 Å². The van der Waals surface area contributed by atoms with Gasteiger partial charge in [-0.15, -0.1) is 0 Å². The molecule has 2 rings (SSSR count). The second-order valence-corrected chi connectivity index (χ2v) is 4.57. The highest BCUT2D eigenvalue weighted by molar-refractivity contribution is 5.78. The van der Waals surface area contributed by atoms with Crippen LogP contribution >= 0.6 is 0 Å². The molecule has 0 spiro atoms. The highest BCUT2D eigenvalue weighted by Crippen LogP contribution is 2.28. The van der Waals surface area contributed by atoms with Crippen molar-refractivity contribution in [2.24, 2.45) is 5.92 Å². The molecular formula is C11H19NO3.